The van der Waals surface area contributed by atoms with E-state index in [-0.39, 0.29) is 19.0 Å². The van der Waals surface area contributed by atoms with Crippen molar-refractivity contribution in [3.05, 3.63) is 118 Å². The molecule has 8 heteroatoms. The summed E-state index contributed by atoms with van der Waals surface area (Å²) < 4.78 is 51.5. The summed E-state index contributed by atoms with van der Waals surface area (Å²) in [4.78, 5) is 15.2. The quantitative estimate of drug-likeness (QED) is 0.155. The number of aryl methyl sites for hydroxylation is 1. The van der Waals surface area contributed by atoms with Crippen LogP contribution in [0, 0.1) is 18.7 Å². The second kappa shape index (κ2) is 21.2. The molecular formula is C38H54F4N4. The molecule has 4 nitrogen and oxygen atoms in total. The molecule has 0 aliphatic carbocycles. The summed E-state index contributed by atoms with van der Waals surface area (Å²) in [5, 5.41) is 0. The molecule has 0 bridgehead atoms. The highest BCUT2D eigenvalue weighted by atomic mass is 19.1. The van der Waals surface area contributed by atoms with Gasteiger partial charge in [0.05, 0.1) is 5.69 Å². The van der Waals surface area contributed by atoms with Gasteiger partial charge in [0, 0.05) is 30.5 Å². The number of hydrogen-bond donors (Lipinski definition) is 0. The fraction of sp³-hybridized carbons (Fsp3) is 0.474. The van der Waals surface area contributed by atoms with Gasteiger partial charge in [-0.25, -0.2) is 18.2 Å². The van der Waals surface area contributed by atoms with Gasteiger partial charge >= 0.3 is 0 Å². The Morgan fingerprint density at radius 2 is 0.978 bits per heavy atom. The zero-order chi connectivity index (χ0) is 34.3. The van der Waals surface area contributed by atoms with Crippen LogP contribution in [0.2, 0.25) is 0 Å². The van der Waals surface area contributed by atoms with Gasteiger partial charge in [-0.2, -0.15) is 4.39 Å². The van der Waals surface area contributed by atoms with E-state index in [1.54, 1.807) is 12.3 Å². The largest absolute Gasteiger partial charge is 0.262 e. The van der Waals surface area contributed by atoms with Crippen LogP contribution in [-0.4, -0.2) is 19.9 Å². The van der Waals surface area contributed by atoms with Crippen molar-refractivity contribution < 1.29 is 17.6 Å². The standard InChI is InChI=1S/C10H13F2N.C10H14FN.C9H13N.C8H10FN.CH4/c1-6(2)8-4-5-13-10(7(3)11)9(8)12;1-7(2)9-4-5-12-10(6-9)8(3)11;1-7(2)9-4-5-10-8(3)6-9;1-6(2)7-3-4-10-8(9)5-7;/h4-7H,1-3H3;4-8H,1-3H3;4-7H,1-3H3;3-6H,1-2H3;1H4. The molecule has 0 fully saturated rings. The van der Waals surface area contributed by atoms with Gasteiger partial charge in [-0.3, -0.25) is 15.0 Å². The average Bonchev–Trinajstić information content (AvgIpc) is 2.98. The monoisotopic (exact) mass is 642 g/mol. The smallest absolute Gasteiger partial charge is 0.213 e. The van der Waals surface area contributed by atoms with Gasteiger partial charge in [-0.1, -0.05) is 62.8 Å². The minimum Gasteiger partial charge on any atom is -0.262 e. The van der Waals surface area contributed by atoms with Crippen molar-refractivity contribution in [3.8, 4) is 0 Å². The minimum absolute atomic E-state index is 0. The molecule has 4 rings (SSSR count). The molecule has 4 aromatic rings. The third-order valence-corrected chi connectivity index (χ3v) is 6.83. The lowest BCUT2D eigenvalue weighted by atomic mass is 10.0. The first kappa shape index (κ1) is 42.3. The van der Waals surface area contributed by atoms with Crippen molar-refractivity contribution in [1.29, 1.82) is 0 Å². The number of hydrogen-bond acceptors (Lipinski definition) is 4. The molecule has 254 valence electrons. The van der Waals surface area contributed by atoms with Crippen LogP contribution in [0.4, 0.5) is 17.6 Å². The highest BCUT2D eigenvalue weighted by Gasteiger charge is 2.16. The van der Waals surface area contributed by atoms with Crippen molar-refractivity contribution in [2.75, 3.05) is 0 Å². The summed E-state index contributed by atoms with van der Waals surface area (Å²) in [5.41, 5.74) is 5.57. The van der Waals surface area contributed by atoms with Crippen LogP contribution in [0.5, 0.6) is 0 Å². The maximum absolute atomic E-state index is 13.5. The molecule has 0 saturated heterocycles. The van der Waals surface area contributed by atoms with Gasteiger partial charge in [0.2, 0.25) is 5.95 Å². The van der Waals surface area contributed by atoms with E-state index in [0.717, 1.165) is 16.8 Å². The molecule has 46 heavy (non-hydrogen) atoms. The summed E-state index contributed by atoms with van der Waals surface area (Å²) in [6, 6.07) is 12.8. The number of halogens is 4. The Bertz CT molecular complexity index is 1320. The van der Waals surface area contributed by atoms with Gasteiger partial charge in [0.25, 0.3) is 0 Å². The van der Waals surface area contributed by atoms with E-state index in [2.05, 4.69) is 59.8 Å². The normalized spacial score (nSPS) is 11.8. The third-order valence-electron chi connectivity index (χ3n) is 6.83. The predicted octanol–water partition coefficient (Wildman–Crippen LogP) is 12.1. The van der Waals surface area contributed by atoms with E-state index in [1.807, 2.05) is 59.0 Å². The summed E-state index contributed by atoms with van der Waals surface area (Å²) >= 11 is 0. The number of rotatable bonds is 6. The van der Waals surface area contributed by atoms with E-state index in [9.17, 15) is 17.6 Å². The topological polar surface area (TPSA) is 51.6 Å². The molecule has 0 aromatic carbocycles. The van der Waals surface area contributed by atoms with Crippen LogP contribution in [0.15, 0.2) is 67.3 Å². The van der Waals surface area contributed by atoms with E-state index >= 15 is 0 Å². The Balaban J connectivity index is 0.000000586. The molecule has 0 radical (unpaired) electrons. The zero-order valence-corrected chi connectivity index (χ0v) is 28.6. The summed E-state index contributed by atoms with van der Waals surface area (Å²) in [5.74, 6) is 0.573. The summed E-state index contributed by atoms with van der Waals surface area (Å²) in [6.07, 6.45) is 4.15. The second-order valence-electron chi connectivity index (χ2n) is 12.1. The molecule has 0 aliphatic heterocycles. The predicted molar refractivity (Wildman–Crippen MR) is 184 cm³/mol. The van der Waals surface area contributed by atoms with Crippen LogP contribution < -0.4 is 0 Å². The Labute approximate surface area is 275 Å². The zero-order valence-electron chi connectivity index (χ0n) is 28.6. The van der Waals surface area contributed by atoms with Crippen LogP contribution in [0.3, 0.4) is 0 Å². The van der Waals surface area contributed by atoms with Gasteiger partial charge in [0.15, 0.2) is 5.82 Å². The summed E-state index contributed by atoms with van der Waals surface area (Å²) in [7, 11) is 0. The Morgan fingerprint density at radius 3 is 1.37 bits per heavy atom. The second-order valence-corrected chi connectivity index (χ2v) is 12.1. The molecule has 4 heterocycles. The number of nitrogens with zero attached hydrogens (tertiary/aromatic N) is 4. The molecule has 0 spiro atoms. The van der Waals surface area contributed by atoms with Crippen molar-refractivity contribution in [2.45, 2.75) is 120 Å². The first-order chi connectivity index (χ1) is 21.0. The Hall–Kier alpha value is -3.68. The molecule has 4 aromatic heterocycles. The molecule has 0 N–H and O–H groups in total. The van der Waals surface area contributed by atoms with E-state index in [1.165, 1.54) is 37.9 Å². The van der Waals surface area contributed by atoms with Crippen LogP contribution >= 0.6 is 0 Å². The number of aromatic nitrogens is 4. The Morgan fingerprint density at radius 1 is 0.522 bits per heavy atom. The van der Waals surface area contributed by atoms with Crippen LogP contribution in [0.25, 0.3) is 0 Å². The number of pyridine rings is 4. The van der Waals surface area contributed by atoms with Crippen LogP contribution in [0.1, 0.15) is 152 Å². The average molecular weight is 643 g/mol. The molecule has 0 aliphatic rings. The molecule has 2 atom stereocenters. The first-order valence-electron chi connectivity index (χ1n) is 15.5. The summed E-state index contributed by atoms with van der Waals surface area (Å²) in [6.45, 7) is 21.1. The fourth-order valence-electron chi connectivity index (χ4n) is 3.94. The van der Waals surface area contributed by atoms with Crippen molar-refractivity contribution >= 4 is 0 Å². The van der Waals surface area contributed by atoms with Crippen molar-refractivity contribution in [2.24, 2.45) is 0 Å². The van der Waals surface area contributed by atoms with E-state index < -0.39 is 24.1 Å². The molecule has 2 unspecified atom stereocenters. The van der Waals surface area contributed by atoms with E-state index in [0.29, 0.717) is 29.0 Å². The van der Waals surface area contributed by atoms with Crippen molar-refractivity contribution in [3.63, 3.8) is 0 Å². The van der Waals surface area contributed by atoms with Gasteiger partial charge in [-0.05, 0) is 109 Å². The highest BCUT2D eigenvalue weighted by Crippen LogP contribution is 2.24. The lowest BCUT2D eigenvalue weighted by Crippen LogP contribution is -2.02. The van der Waals surface area contributed by atoms with Gasteiger partial charge in [0.1, 0.15) is 18.0 Å². The lowest BCUT2D eigenvalue weighted by Gasteiger charge is -2.10. The van der Waals surface area contributed by atoms with Gasteiger partial charge in [-0.15, -0.1) is 0 Å². The number of alkyl halides is 2. The van der Waals surface area contributed by atoms with Gasteiger partial charge < -0.3 is 0 Å². The lowest BCUT2D eigenvalue weighted by molar-refractivity contribution is 0.350. The third kappa shape index (κ3) is 15.1. The SMILES string of the molecule is C.CC(C)c1ccnc(C(C)F)c1.CC(C)c1ccnc(C(C)F)c1F.CC(C)c1ccnc(F)c1.Cc1cc(C(C)C)ccn1. The molecule has 0 saturated carbocycles. The minimum atomic E-state index is -1.35. The molecular weight excluding hydrogens is 588 g/mol. The molecule has 0 amide bonds. The first-order valence-corrected chi connectivity index (χ1v) is 15.5. The van der Waals surface area contributed by atoms with Crippen LogP contribution in [-0.2, 0) is 0 Å². The highest BCUT2D eigenvalue weighted by molar-refractivity contribution is 5.23. The maximum atomic E-state index is 13.5. The fourth-order valence-corrected chi connectivity index (χ4v) is 3.94. The maximum Gasteiger partial charge on any atom is 0.213 e. The Kier molecular flexibility index (Phi) is 19.5. The van der Waals surface area contributed by atoms with E-state index in [4.69, 9.17) is 0 Å². The van der Waals surface area contributed by atoms with Crippen molar-refractivity contribution in [1.82, 2.24) is 19.9 Å².